The zero-order chi connectivity index (χ0) is 19.1. The van der Waals surface area contributed by atoms with Gasteiger partial charge in [0, 0.05) is 8.96 Å². The van der Waals surface area contributed by atoms with Crippen LogP contribution in [-0.4, -0.2) is 16.6 Å². The lowest BCUT2D eigenvalue weighted by Gasteiger charge is -2.20. The number of ether oxygens (including phenoxy) is 1. The minimum Gasteiger partial charge on any atom is -0.456 e. The monoisotopic (exact) mass is 488 g/mol. The number of carbonyl (C=O) groups is 1. The second-order valence-electron chi connectivity index (χ2n) is 6.56. The highest BCUT2D eigenvalue weighted by Gasteiger charge is 2.26. The van der Waals surface area contributed by atoms with Crippen molar-refractivity contribution < 1.29 is 18.3 Å². The van der Waals surface area contributed by atoms with Crippen LogP contribution in [0.4, 0.5) is 19.5 Å². The summed E-state index contributed by atoms with van der Waals surface area (Å²) in [5.41, 5.74) is -0.371. The maximum absolute atomic E-state index is 14.2. The number of esters is 1. The van der Waals surface area contributed by atoms with Crippen molar-refractivity contribution in [2.75, 3.05) is 5.32 Å². The number of halogens is 3. The van der Waals surface area contributed by atoms with Crippen molar-refractivity contribution in [3.8, 4) is 0 Å². The summed E-state index contributed by atoms with van der Waals surface area (Å²) >= 11 is 3.15. The predicted octanol–water partition coefficient (Wildman–Crippen LogP) is 5.88. The number of carbonyl (C=O) groups excluding carboxylic acids is 1. The Morgan fingerprint density at radius 1 is 1.27 bits per heavy atom. The zero-order valence-electron chi connectivity index (χ0n) is 14.2. The van der Waals surface area contributed by atoms with E-state index in [1.807, 2.05) is 22.6 Å². The summed E-state index contributed by atoms with van der Waals surface area (Å²) in [6.07, 6.45) is 1.08. The Labute approximate surface area is 166 Å². The first-order valence-corrected chi connectivity index (χ1v) is 9.57. The molecule has 0 aliphatic heterocycles. The molecule has 4 nitrogen and oxygen atoms in total. The number of rotatable bonds is 3. The van der Waals surface area contributed by atoms with Gasteiger partial charge in [0.2, 0.25) is 0 Å². The summed E-state index contributed by atoms with van der Waals surface area (Å²) in [5.74, 6) is -1.64. The molecule has 0 fully saturated rings. The van der Waals surface area contributed by atoms with Gasteiger partial charge >= 0.3 is 5.97 Å². The third kappa shape index (κ3) is 4.12. The first-order valence-electron chi connectivity index (χ1n) is 7.67. The maximum atomic E-state index is 14.2. The number of nitrogens with one attached hydrogen (secondary N) is 1. The molecule has 0 aliphatic rings. The number of hydrogen-bond donors (Lipinski definition) is 1. The minimum atomic E-state index is -0.725. The summed E-state index contributed by atoms with van der Waals surface area (Å²) in [6, 6.07) is 5.92. The Kier molecular flexibility index (Phi) is 5.16. The topological polar surface area (TPSA) is 51.2 Å². The van der Waals surface area contributed by atoms with Crippen molar-refractivity contribution in [2.24, 2.45) is 0 Å². The number of benzene rings is 1. The molecule has 0 atom stereocenters. The molecule has 136 valence electrons. The molecule has 26 heavy (non-hydrogen) atoms. The lowest BCUT2D eigenvalue weighted by atomic mass is 10.1. The Morgan fingerprint density at radius 3 is 2.65 bits per heavy atom. The SMILES string of the molecule is CC(C)(C)OC(=O)c1c(Nc2ccc(I)cc2F)sc2ncc(F)cc12. The fraction of sp³-hybridized carbons (Fsp3) is 0.222. The van der Waals surface area contributed by atoms with Crippen molar-refractivity contribution in [3.63, 3.8) is 0 Å². The molecule has 2 aromatic heterocycles. The van der Waals surface area contributed by atoms with Gasteiger partial charge in [-0.1, -0.05) is 11.3 Å². The zero-order valence-corrected chi connectivity index (χ0v) is 17.2. The summed E-state index contributed by atoms with van der Waals surface area (Å²) in [6.45, 7) is 5.22. The second-order valence-corrected chi connectivity index (χ2v) is 8.81. The molecule has 0 unspecified atom stereocenters. The molecule has 0 spiro atoms. The number of fused-ring (bicyclic) bond motifs is 1. The highest BCUT2D eigenvalue weighted by atomic mass is 127. The van der Waals surface area contributed by atoms with Gasteiger partial charge in [0.25, 0.3) is 0 Å². The average Bonchev–Trinajstić information content (AvgIpc) is 2.85. The number of anilines is 2. The van der Waals surface area contributed by atoms with Gasteiger partial charge < -0.3 is 10.1 Å². The van der Waals surface area contributed by atoms with E-state index in [1.54, 1.807) is 32.9 Å². The first kappa shape index (κ1) is 19.0. The molecule has 0 saturated carbocycles. The Balaban J connectivity index is 2.11. The fourth-order valence-electron chi connectivity index (χ4n) is 2.29. The van der Waals surface area contributed by atoms with Crippen LogP contribution < -0.4 is 5.32 Å². The van der Waals surface area contributed by atoms with Gasteiger partial charge in [-0.15, -0.1) is 0 Å². The van der Waals surface area contributed by atoms with E-state index in [0.717, 1.165) is 21.1 Å². The standard InChI is InChI=1S/C18H15F2IN2O2S/c1-18(2,3)25-17(24)14-11-6-9(19)8-22-15(11)26-16(14)23-13-5-4-10(21)7-12(13)20/h4-8,23H,1-3H3. The number of nitrogens with zero attached hydrogens (tertiary/aromatic N) is 1. The van der Waals surface area contributed by atoms with Crippen LogP contribution in [0.15, 0.2) is 30.5 Å². The molecule has 3 aromatic rings. The summed E-state index contributed by atoms with van der Waals surface area (Å²) in [5, 5.41) is 3.61. The molecule has 8 heteroatoms. The van der Waals surface area contributed by atoms with Crippen molar-refractivity contribution in [1.29, 1.82) is 0 Å². The molecule has 0 saturated heterocycles. The molecule has 1 N–H and O–H groups in total. The van der Waals surface area contributed by atoms with Crippen LogP contribution in [0, 0.1) is 15.2 Å². The molecule has 2 heterocycles. The van der Waals surface area contributed by atoms with Crippen LogP contribution in [0.5, 0.6) is 0 Å². The summed E-state index contributed by atoms with van der Waals surface area (Å²) < 4.78 is 34.1. The minimum absolute atomic E-state index is 0.143. The molecule has 0 radical (unpaired) electrons. The molecule has 0 aliphatic carbocycles. The van der Waals surface area contributed by atoms with E-state index in [4.69, 9.17) is 4.74 Å². The predicted molar refractivity (Wildman–Crippen MR) is 107 cm³/mol. The van der Waals surface area contributed by atoms with Crippen LogP contribution in [0.2, 0.25) is 0 Å². The van der Waals surface area contributed by atoms with Gasteiger partial charge in [0.1, 0.15) is 32.6 Å². The Bertz CT molecular complexity index is 999. The van der Waals surface area contributed by atoms with Crippen molar-refractivity contribution in [3.05, 3.63) is 51.2 Å². The molecule has 0 amide bonds. The summed E-state index contributed by atoms with van der Waals surface area (Å²) in [4.78, 5) is 17.2. The Morgan fingerprint density at radius 2 is 2.00 bits per heavy atom. The van der Waals surface area contributed by atoms with Gasteiger partial charge in [-0.3, -0.25) is 0 Å². The van der Waals surface area contributed by atoms with Crippen molar-refractivity contribution in [1.82, 2.24) is 4.98 Å². The molecular weight excluding hydrogens is 473 g/mol. The summed E-state index contributed by atoms with van der Waals surface area (Å²) in [7, 11) is 0. The normalized spacial score (nSPS) is 11.6. The number of aromatic nitrogens is 1. The van der Waals surface area contributed by atoms with Gasteiger partial charge in [-0.2, -0.15) is 0 Å². The van der Waals surface area contributed by atoms with E-state index < -0.39 is 23.2 Å². The van der Waals surface area contributed by atoms with Crippen molar-refractivity contribution in [2.45, 2.75) is 26.4 Å². The molecule has 3 rings (SSSR count). The van der Waals surface area contributed by atoms with Crippen LogP contribution >= 0.6 is 33.9 Å². The van der Waals surface area contributed by atoms with Gasteiger partial charge in [0.05, 0.1) is 11.9 Å². The highest BCUT2D eigenvalue weighted by Crippen LogP contribution is 2.38. The first-order chi connectivity index (χ1) is 12.1. The highest BCUT2D eigenvalue weighted by molar-refractivity contribution is 14.1. The number of thiophene rings is 1. The largest absolute Gasteiger partial charge is 0.456 e. The van der Waals surface area contributed by atoms with E-state index >= 15 is 0 Å². The number of pyridine rings is 1. The Hall–Kier alpha value is -1.81. The number of hydrogen-bond acceptors (Lipinski definition) is 5. The molecular formula is C18H15F2IN2O2S. The smallest absolute Gasteiger partial charge is 0.342 e. The fourth-order valence-corrected chi connectivity index (χ4v) is 3.77. The van der Waals surface area contributed by atoms with Gasteiger partial charge in [0.15, 0.2) is 0 Å². The lowest BCUT2D eigenvalue weighted by Crippen LogP contribution is -2.24. The molecule has 1 aromatic carbocycles. The quantitative estimate of drug-likeness (QED) is 0.370. The van der Waals surface area contributed by atoms with E-state index in [2.05, 4.69) is 10.3 Å². The van der Waals surface area contributed by atoms with Crippen LogP contribution in [0.25, 0.3) is 10.2 Å². The second kappa shape index (κ2) is 7.07. The lowest BCUT2D eigenvalue weighted by molar-refractivity contribution is 0.00734. The van der Waals surface area contributed by atoms with Crippen molar-refractivity contribution >= 4 is 60.8 Å². The van der Waals surface area contributed by atoms with Gasteiger partial charge in [-0.05, 0) is 67.6 Å². The van der Waals surface area contributed by atoms with E-state index in [1.165, 1.54) is 12.1 Å². The van der Waals surface area contributed by atoms with Gasteiger partial charge in [-0.25, -0.2) is 18.6 Å². The van der Waals surface area contributed by atoms with E-state index in [-0.39, 0.29) is 11.3 Å². The van der Waals surface area contributed by atoms with Crippen LogP contribution in [0.3, 0.4) is 0 Å². The van der Waals surface area contributed by atoms with E-state index in [0.29, 0.717) is 15.2 Å². The van der Waals surface area contributed by atoms with Crippen LogP contribution in [0.1, 0.15) is 31.1 Å². The molecule has 0 bridgehead atoms. The maximum Gasteiger partial charge on any atom is 0.342 e. The van der Waals surface area contributed by atoms with Crippen LogP contribution in [-0.2, 0) is 4.74 Å². The van der Waals surface area contributed by atoms with E-state index in [9.17, 15) is 13.6 Å². The average molecular weight is 488 g/mol. The third-order valence-electron chi connectivity index (χ3n) is 3.30. The third-order valence-corrected chi connectivity index (χ3v) is 5.00.